The number of ether oxygens (including phenoxy) is 3. The number of carbonyl (C=O) groups excluding carboxylic acids is 2. The van der Waals surface area contributed by atoms with Crippen molar-refractivity contribution in [1.82, 2.24) is 0 Å². The predicted molar refractivity (Wildman–Crippen MR) is 113 cm³/mol. The monoisotopic (exact) mass is 420 g/mol. The van der Waals surface area contributed by atoms with Crippen LogP contribution in [0.15, 0.2) is 36.4 Å². The van der Waals surface area contributed by atoms with Crippen LogP contribution in [0.3, 0.4) is 0 Å². The largest absolute Gasteiger partial charge is 0.490 e. The molecule has 0 aliphatic heterocycles. The lowest BCUT2D eigenvalue weighted by Crippen LogP contribution is -2.17. The van der Waals surface area contributed by atoms with E-state index in [9.17, 15) is 9.59 Å². The fraction of sp³-hybridized carbons (Fsp3) is 0.333. The Kier molecular flexibility index (Phi) is 8.76. The minimum Gasteiger partial charge on any atom is -0.490 e. The average Bonchev–Trinajstić information content (AvgIpc) is 2.69. The molecule has 0 unspecified atom stereocenters. The van der Waals surface area contributed by atoms with E-state index in [4.69, 9.17) is 25.8 Å². The van der Waals surface area contributed by atoms with Gasteiger partial charge in [-0.1, -0.05) is 18.5 Å². The Morgan fingerprint density at radius 1 is 1.00 bits per heavy atom. The summed E-state index contributed by atoms with van der Waals surface area (Å²) in [6, 6.07) is 9.89. The van der Waals surface area contributed by atoms with Gasteiger partial charge in [-0.3, -0.25) is 9.59 Å². The molecule has 0 heterocycles. The third kappa shape index (κ3) is 6.66. The molecule has 2 aromatic rings. The van der Waals surface area contributed by atoms with Crippen LogP contribution in [0.5, 0.6) is 11.5 Å². The van der Waals surface area contributed by atoms with Crippen molar-refractivity contribution in [2.75, 3.05) is 37.6 Å². The van der Waals surface area contributed by atoms with Crippen molar-refractivity contribution in [2.24, 2.45) is 0 Å². The van der Waals surface area contributed by atoms with Gasteiger partial charge >= 0.3 is 0 Å². The number of anilines is 2. The molecule has 0 aromatic heterocycles. The highest BCUT2D eigenvalue weighted by molar-refractivity contribution is 6.32. The quantitative estimate of drug-likeness (QED) is 0.596. The SMILES string of the molecule is CCCOc1c(Cl)cc(C(=O)Nc2ccc(NC(=O)COC)cc2)cc1OCC. The molecule has 0 aliphatic rings. The number of methoxy groups -OCH3 is 1. The first-order valence-corrected chi connectivity index (χ1v) is 9.65. The molecule has 0 fully saturated rings. The lowest BCUT2D eigenvalue weighted by Gasteiger charge is -2.15. The minimum absolute atomic E-state index is 0.0284. The van der Waals surface area contributed by atoms with E-state index in [0.717, 1.165) is 6.42 Å². The standard InChI is InChI=1S/C21H25ClN2O5/c1-4-10-29-20-17(22)11-14(12-18(20)28-5-2)21(26)24-16-8-6-15(7-9-16)23-19(25)13-27-3/h6-9,11-12H,4-5,10,13H2,1-3H3,(H,23,25)(H,24,26). The Bertz CT molecular complexity index is 840. The molecule has 2 rings (SSSR count). The molecule has 0 atom stereocenters. The van der Waals surface area contributed by atoms with Crippen LogP contribution in [0, 0.1) is 0 Å². The molecule has 2 amide bonds. The summed E-state index contributed by atoms with van der Waals surface area (Å²) in [6.07, 6.45) is 0.825. The number of nitrogens with one attached hydrogen (secondary N) is 2. The van der Waals surface area contributed by atoms with Gasteiger partial charge in [0.15, 0.2) is 11.5 Å². The zero-order valence-corrected chi connectivity index (χ0v) is 17.5. The van der Waals surface area contributed by atoms with Gasteiger partial charge in [-0.05, 0) is 49.7 Å². The Balaban J connectivity index is 2.12. The maximum atomic E-state index is 12.6. The number of rotatable bonds is 10. The molecule has 156 valence electrons. The van der Waals surface area contributed by atoms with E-state index in [2.05, 4.69) is 10.6 Å². The summed E-state index contributed by atoms with van der Waals surface area (Å²) in [5, 5.41) is 5.79. The molecule has 0 spiro atoms. The van der Waals surface area contributed by atoms with Gasteiger partial charge in [-0.2, -0.15) is 0 Å². The molecule has 29 heavy (non-hydrogen) atoms. The number of hydrogen-bond donors (Lipinski definition) is 2. The Morgan fingerprint density at radius 2 is 1.66 bits per heavy atom. The Morgan fingerprint density at radius 3 is 2.24 bits per heavy atom. The zero-order valence-electron chi connectivity index (χ0n) is 16.7. The van der Waals surface area contributed by atoms with Crippen LogP contribution >= 0.6 is 11.6 Å². The van der Waals surface area contributed by atoms with E-state index in [1.807, 2.05) is 13.8 Å². The maximum absolute atomic E-state index is 12.6. The van der Waals surface area contributed by atoms with Gasteiger partial charge in [0.05, 0.1) is 18.2 Å². The fourth-order valence-corrected chi connectivity index (χ4v) is 2.74. The van der Waals surface area contributed by atoms with Gasteiger partial charge < -0.3 is 24.8 Å². The summed E-state index contributed by atoms with van der Waals surface area (Å²) in [5.74, 6) is 0.261. The number of hydrogen-bond acceptors (Lipinski definition) is 5. The number of amides is 2. The highest BCUT2D eigenvalue weighted by Crippen LogP contribution is 2.37. The van der Waals surface area contributed by atoms with Crippen LogP contribution in [-0.4, -0.2) is 38.7 Å². The third-order valence-corrected chi connectivity index (χ3v) is 4.00. The molecule has 0 saturated carbocycles. The summed E-state index contributed by atoms with van der Waals surface area (Å²) in [7, 11) is 1.45. The predicted octanol–water partition coefficient (Wildman–Crippen LogP) is 4.36. The Hall–Kier alpha value is -2.77. The summed E-state index contributed by atoms with van der Waals surface area (Å²) in [5.41, 5.74) is 1.52. The summed E-state index contributed by atoms with van der Waals surface area (Å²) < 4.78 is 16.0. The van der Waals surface area contributed by atoms with E-state index < -0.39 is 0 Å². The molecular formula is C21H25ClN2O5. The van der Waals surface area contributed by atoms with Gasteiger partial charge in [-0.15, -0.1) is 0 Å². The molecule has 2 N–H and O–H groups in total. The van der Waals surface area contributed by atoms with Crippen molar-refractivity contribution in [3.63, 3.8) is 0 Å². The van der Waals surface area contributed by atoms with E-state index in [1.54, 1.807) is 36.4 Å². The summed E-state index contributed by atoms with van der Waals surface area (Å²) in [4.78, 5) is 24.2. The second-order valence-corrected chi connectivity index (χ2v) is 6.49. The van der Waals surface area contributed by atoms with Crippen molar-refractivity contribution in [1.29, 1.82) is 0 Å². The van der Waals surface area contributed by atoms with Crippen molar-refractivity contribution in [3.05, 3.63) is 47.0 Å². The van der Waals surface area contributed by atoms with E-state index in [1.165, 1.54) is 7.11 Å². The van der Waals surface area contributed by atoms with Crippen molar-refractivity contribution in [2.45, 2.75) is 20.3 Å². The van der Waals surface area contributed by atoms with Crippen LogP contribution < -0.4 is 20.1 Å². The minimum atomic E-state index is -0.342. The van der Waals surface area contributed by atoms with E-state index in [-0.39, 0.29) is 18.4 Å². The molecule has 0 radical (unpaired) electrons. The normalized spacial score (nSPS) is 10.3. The number of benzene rings is 2. The molecule has 2 aromatic carbocycles. The summed E-state index contributed by atoms with van der Waals surface area (Å²) in [6.45, 7) is 4.72. The first kappa shape index (κ1) is 22.5. The lowest BCUT2D eigenvalue weighted by molar-refractivity contribution is -0.119. The molecule has 7 nitrogen and oxygen atoms in total. The smallest absolute Gasteiger partial charge is 0.255 e. The highest BCUT2D eigenvalue weighted by atomic mass is 35.5. The maximum Gasteiger partial charge on any atom is 0.255 e. The van der Waals surface area contributed by atoms with Crippen molar-refractivity contribution < 1.29 is 23.8 Å². The van der Waals surface area contributed by atoms with Gasteiger partial charge in [-0.25, -0.2) is 0 Å². The van der Waals surface area contributed by atoms with Gasteiger partial charge in [0.1, 0.15) is 6.61 Å². The number of halogens is 1. The Labute approximate surface area is 175 Å². The molecule has 0 bridgehead atoms. The molecule has 0 aliphatic carbocycles. The third-order valence-electron chi connectivity index (χ3n) is 3.72. The van der Waals surface area contributed by atoms with Crippen LogP contribution in [0.1, 0.15) is 30.6 Å². The first-order chi connectivity index (χ1) is 14.0. The molecular weight excluding hydrogens is 396 g/mol. The van der Waals surface area contributed by atoms with E-state index >= 15 is 0 Å². The lowest BCUT2D eigenvalue weighted by atomic mass is 10.1. The zero-order chi connectivity index (χ0) is 21.2. The van der Waals surface area contributed by atoms with Crippen LogP contribution in [0.4, 0.5) is 11.4 Å². The van der Waals surface area contributed by atoms with Crippen LogP contribution in [0.25, 0.3) is 0 Å². The van der Waals surface area contributed by atoms with Gasteiger partial charge in [0.25, 0.3) is 5.91 Å². The van der Waals surface area contributed by atoms with E-state index in [0.29, 0.717) is 46.7 Å². The molecule has 8 heteroatoms. The van der Waals surface area contributed by atoms with Gasteiger partial charge in [0, 0.05) is 24.0 Å². The number of carbonyl (C=O) groups is 2. The van der Waals surface area contributed by atoms with Crippen molar-refractivity contribution in [3.8, 4) is 11.5 Å². The van der Waals surface area contributed by atoms with Gasteiger partial charge in [0.2, 0.25) is 5.91 Å². The molecule has 0 saturated heterocycles. The second-order valence-electron chi connectivity index (χ2n) is 6.08. The fourth-order valence-electron chi connectivity index (χ4n) is 2.47. The topological polar surface area (TPSA) is 85.9 Å². The first-order valence-electron chi connectivity index (χ1n) is 9.27. The summed E-state index contributed by atoms with van der Waals surface area (Å²) >= 11 is 6.31. The highest BCUT2D eigenvalue weighted by Gasteiger charge is 2.16. The van der Waals surface area contributed by atoms with Crippen LogP contribution in [-0.2, 0) is 9.53 Å². The average molecular weight is 421 g/mol. The second kappa shape index (κ2) is 11.3. The van der Waals surface area contributed by atoms with Crippen molar-refractivity contribution >= 4 is 34.8 Å². The van der Waals surface area contributed by atoms with Crippen LogP contribution in [0.2, 0.25) is 5.02 Å².